The van der Waals surface area contributed by atoms with E-state index >= 15 is 0 Å². The summed E-state index contributed by atoms with van der Waals surface area (Å²) in [6.07, 6.45) is 0. The molecule has 0 aliphatic heterocycles. The van der Waals surface area contributed by atoms with Crippen LogP contribution in [0, 0.1) is 0 Å². The van der Waals surface area contributed by atoms with Crippen LogP contribution in [0.2, 0.25) is 0 Å². The van der Waals surface area contributed by atoms with Crippen molar-refractivity contribution in [3.63, 3.8) is 0 Å². The first-order chi connectivity index (χ1) is 7.82. The quantitative estimate of drug-likeness (QED) is 0.407. The molecule has 0 heterocycles. The molecular formula is C11H16O6. The van der Waals surface area contributed by atoms with Gasteiger partial charge in [0.15, 0.2) is 0 Å². The minimum absolute atomic E-state index is 0.0147. The van der Waals surface area contributed by atoms with Gasteiger partial charge in [0.2, 0.25) is 0 Å². The molecule has 0 aliphatic carbocycles. The van der Waals surface area contributed by atoms with Gasteiger partial charge in [-0.25, -0.2) is 0 Å². The molecule has 0 atom stereocenters. The van der Waals surface area contributed by atoms with Gasteiger partial charge in [-0.15, -0.1) is 0 Å². The first kappa shape index (κ1) is 15.2. The lowest BCUT2D eigenvalue weighted by Gasteiger charge is -2.11. The Kier molecular flexibility index (Phi) is 6.62. The first-order valence-corrected chi connectivity index (χ1v) is 4.96. The molecular weight excluding hydrogens is 228 g/mol. The molecule has 96 valence electrons. The van der Waals surface area contributed by atoms with Crippen LogP contribution in [-0.4, -0.2) is 31.1 Å². The van der Waals surface area contributed by atoms with Gasteiger partial charge in [-0.1, -0.05) is 0 Å². The Morgan fingerprint density at radius 1 is 0.765 bits per heavy atom. The number of hydrogen-bond acceptors (Lipinski definition) is 6. The molecule has 0 bridgehead atoms. The Labute approximate surface area is 99.5 Å². The first-order valence-electron chi connectivity index (χ1n) is 4.96. The summed E-state index contributed by atoms with van der Waals surface area (Å²) in [5, 5.41) is 0. The molecule has 0 unspecified atom stereocenters. The van der Waals surface area contributed by atoms with Crippen molar-refractivity contribution in [3.8, 4) is 0 Å². The van der Waals surface area contributed by atoms with Crippen molar-refractivity contribution >= 4 is 17.9 Å². The van der Waals surface area contributed by atoms with Crippen LogP contribution in [0.25, 0.3) is 0 Å². The summed E-state index contributed by atoms with van der Waals surface area (Å²) in [4.78, 5) is 32.1. The van der Waals surface area contributed by atoms with E-state index < -0.39 is 17.9 Å². The third-order valence-corrected chi connectivity index (χ3v) is 1.64. The minimum atomic E-state index is -0.533. The highest BCUT2D eigenvalue weighted by Gasteiger charge is 2.10. The molecule has 0 amide bonds. The van der Waals surface area contributed by atoms with E-state index in [-0.39, 0.29) is 19.0 Å². The van der Waals surface area contributed by atoms with Crippen LogP contribution >= 0.6 is 0 Å². The SMILES string of the molecule is CC(=O)OCC(C)=C(COC(C)=O)OC(C)=O. The minimum Gasteiger partial charge on any atom is -0.461 e. The van der Waals surface area contributed by atoms with Crippen LogP contribution in [0.3, 0.4) is 0 Å². The van der Waals surface area contributed by atoms with Gasteiger partial charge in [-0.05, 0) is 6.92 Å². The second-order valence-electron chi connectivity index (χ2n) is 3.36. The Bertz CT molecular complexity index is 342. The molecule has 0 rings (SSSR count). The average Bonchev–Trinajstić information content (AvgIpc) is 2.19. The molecule has 17 heavy (non-hydrogen) atoms. The van der Waals surface area contributed by atoms with Crippen LogP contribution in [-0.2, 0) is 28.6 Å². The summed E-state index contributed by atoms with van der Waals surface area (Å²) in [6, 6.07) is 0. The highest BCUT2D eigenvalue weighted by Crippen LogP contribution is 2.08. The van der Waals surface area contributed by atoms with Gasteiger partial charge in [0.05, 0.1) is 0 Å². The van der Waals surface area contributed by atoms with E-state index in [1.165, 1.54) is 20.8 Å². The summed E-state index contributed by atoms with van der Waals surface area (Å²) < 4.78 is 14.3. The lowest BCUT2D eigenvalue weighted by atomic mass is 10.3. The lowest BCUT2D eigenvalue weighted by Crippen LogP contribution is -2.13. The monoisotopic (exact) mass is 244 g/mol. The van der Waals surface area contributed by atoms with E-state index in [0.29, 0.717) is 5.57 Å². The van der Waals surface area contributed by atoms with Crippen LogP contribution < -0.4 is 0 Å². The Hall–Kier alpha value is -1.85. The van der Waals surface area contributed by atoms with Crippen LogP contribution in [0.5, 0.6) is 0 Å². The number of hydrogen-bond donors (Lipinski definition) is 0. The van der Waals surface area contributed by atoms with Gasteiger partial charge < -0.3 is 14.2 Å². The molecule has 0 aromatic carbocycles. The number of esters is 3. The smallest absolute Gasteiger partial charge is 0.307 e. The van der Waals surface area contributed by atoms with Crippen molar-refractivity contribution in [2.45, 2.75) is 27.7 Å². The van der Waals surface area contributed by atoms with Crippen molar-refractivity contribution in [2.75, 3.05) is 13.2 Å². The fourth-order valence-electron chi connectivity index (χ4n) is 0.871. The van der Waals surface area contributed by atoms with Gasteiger partial charge in [0.1, 0.15) is 19.0 Å². The molecule has 0 radical (unpaired) electrons. The number of carbonyl (C=O) groups excluding carboxylic acids is 3. The Morgan fingerprint density at radius 2 is 1.24 bits per heavy atom. The zero-order chi connectivity index (χ0) is 13.4. The molecule has 0 saturated heterocycles. The van der Waals surface area contributed by atoms with Gasteiger partial charge in [0, 0.05) is 26.3 Å². The highest BCUT2D eigenvalue weighted by molar-refractivity contribution is 5.68. The third-order valence-electron chi connectivity index (χ3n) is 1.64. The van der Waals surface area contributed by atoms with Gasteiger partial charge >= 0.3 is 17.9 Å². The zero-order valence-electron chi connectivity index (χ0n) is 10.4. The molecule has 0 N–H and O–H groups in total. The topological polar surface area (TPSA) is 78.9 Å². The van der Waals surface area contributed by atoms with Crippen molar-refractivity contribution in [3.05, 3.63) is 11.3 Å². The molecule has 6 heteroatoms. The van der Waals surface area contributed by atoms with Crippen molar-refractivity contribution in [2.24, 2.45) is 0 Å². The van der Waals surface area contributed by atoms with Crippen LogP contribution in [0.1, 0.15) is 27.7 Å². The van der Waals surface area contributed by atoms with Gasteiger partial charge in [-0.2, -0.15) is 0 Å². The van der Waals surface area contributed by atoms with Crippen LogP contribution in [0.15, 0.2) is 11.3 Å². The largest absolute Gasteiger partial charge is 0.461 e. The fraction of sp³-hybridized carbons (Fsp3) is 0.545. The van der Waals surface area contributed by atoms with E-state index in [9.17, 15) is 14.4 Å². The maximum atomic E-state index is 10.8. The molecule has 0 fully saturated rings. The van der Waals surface area contributed by atoms with Crippen LogP contribution in [0.4, 0.5) is 0 Å². The number of rotatable bonds is 5. The van der Waals surface area contributed by atoms with E-state index in [1.807, 2.05) is 0 Å². The molecule has 0 aromatic heterocycles. The maximum absolute atomic E-state index is 10.8. The summed E-state index contributed by atoms with van der Waals surface area (Å²) >= 11 is 0. The van der Waals surface area contributed by atoms with E-state index in [4.69, 9.17) is 14.2 Å². The summed E-state index contributed by atoms with van der Waals surface area (Å²) in [6.45, 7) is 5.18. The van der Waals surface area contributed by atoms with Crippen molar-refractivity contribution in [1.82, 2.24) is 0 Å². The number of carbonyl (C=O) groups is 3. The predicted octanol–water partition coefficient (Wildman–Crippen LogP) is 0.950. The molecule has 6 nitrogen and oxygen atoms in total. The maximum Gasteiger partial charge on any atom is 0.307 e. The molecule has 0 aliphatic rings. The fourth-order valence-corrected chi connectivity index (χ4v) is 0.871. The highest BCUT2D eigenvalue weighted by atomic mass is 16.6. The number of ether oxygens (including phenoxy) is 3. The average molecular weight is 244 g/mol. The summed E-state index contributed by atoms with van der Waals surface area (Å²) in [5.74, 6) is -1.29. The normalized spacial score (nSPS) is 11.3. The zero-order valence-corrected chi connectivity index (χ0v) is 10.4. The standard InChI is InChI=1S/C11H16O6/c1-7(5-15-8(2)12)11(17-10(4)14)6-16-9(3)13/h5-6H2,1-4H3. The Balaban J connectivity index is 4.60. The molecule has 0 saturated carbocycles. The van der Waals surface area contributed by atoms with E-state index in [1.54, 1.807) is 6.92 Å². The second-order valence-corrected chi connectivity index (χ2v) is 3.36. The lowest BCUT2D eigenvalue weighted by molar-refractivity contribution is -0.145. The second kappa shape index (κ2) is 7.43. The van der Waals surface area contributed by atoms with Gasteiger partial charge in [-0.3, -0.25) is 14.4 Å². The summed E-state index contributed by atoms with van der Waals surface area (Å²) in [7, 11) is 0. The predicted molar refractivity (Wildman–Crippen MR) is 57.7 cm³/mol. The third kappa shape index (κ3) is 8.01. The molecule has 0 spiro atoms. The van der Waals surface area contributed by atoms with Crippen molar-refractivity contribution in [1.29, 1.82) is 0 Å². The van der Waals surface area contributed by atoms with E-state index in [0.717, 1.165) is 0 Å². The molecule has 0 aromatic rings. The summed E-state index contributed by atoms with van der Waals surface area (Å²) in [5.41, 5.74) is 0.511. The van der Waals surface area contributed by atoms with Gasteiger partial charge in [0.25, 0.3) is 0 Å². The van der Waals surface area contributed by atoms with E-state index in [2.05, 4.69) is 0 Å². The Morgan fingerprint density at radius 3 is 1.65 bits per heavy atom. The van der Waals surface area contributed by atoms with Crippen molar-refractivity contribution < 1.29 is 28.6 Å².